The van der Waals surface area contributed by atoms with E-state index < -0.39 is 0 Å². The summed E-state index contributed by atoms with van der Waals surface area (Å²) in [7, 11) is 0. The van der Waals surface area contributed by atoms with Crippen LogP contribution in [0.4, 0.5) is 11.5 Å². The van der Waals surface area contributed by atoms with Crippen molar-refractivity contribution in [2.24, 2.45) is 0 Å². The molecule has 3 heteroatoms. The number of oxazole rings is 1. The van der Waals surface area contributed by atoms with Gasteiger partial charge in [0.1, 0.15) is 5.76 Å². The monoisotopic (exact) mass is 174 g/mol. The number of anilines is 2. The molecule has 0 amide bonds. The largest absolute Gasteiger partial charge is 0.446 e. The first-order valence-electron chi connectivity index (χ1n) is 4.08. The van der Waals surface area contributed by atoms with Gasteiger partial charge < -0.3 is 9.73 Å². The van der Waals surface area contributed by atoms with Gasteiger partial charge in [0.25, 0.3) is 0 Å². The van der Waals surface area contributed by atoms with Crippen LogP contribution in [0.5, 0.6) is 0 Å². The molecule has 0 aliphatic heterocycles. The number of aromatic nitrogens is 1. The lowest BCUT2D eigenvalue weighted by atomic mass is 10.3. The zero-order valence-corrected chi connectivity index (χ0v) is 7.32. The first-order chi connectivity index (χ1) is 6.36. The Morgan fingerprint density at radius 3 is 2.62 bits per heavy atom. The standard InChI is InChI=1S/C10H10N2O/c1-8-10(11-7-13-8)12-9-5-3-2-4-6-9/h2-7,12H,1H3. The van der Waals surface area contributed by atoms with Gasteiger partial charge >= 0.3 is 0 Å². The molecular weight excluding hydrogens is 164 g/mol. The second-order valence-electron chi connectivity index (χ2n) is 2.75. The predicted molar refractivity (Wildman–Crippen MR) is 51.0 cm³/mol. The lowest BCUT2D eigenvalue weighted by molar-refractivity contribution is 0.527. The second kappa shape index (κ2) is 3.31. The van der Waals surface area contributed by atoms with Crippen LogP contribution in [-0.2, 0) is 0 Å². The molecule has 1 N–H and O–H groups in total. The molecule has 1 aromatic carbocycles. The number of hydrogen-bond donors (Lipinski definition) is 1. The summed E-state index contributed by atoms with van der Waals surface area (Å²) in [6, 6.07) is 9.87. The van der Waals surface area contributed by atoms with Crippen molar-refractivity contribution in [1.82, 2.24) is 4.98 Å². The quantitative estimate of drug-likeness (QED) is 0.760. The van der Waals surface area contributed by atoms with Gasteiger partial charge in [-0.25, -0.2) is 0 Å². The van der Waals surface area contributed by atoms with E-state index in [1.807, 2.05) is 37.3 Å². The van der Waals surface area contributed by atoms with E-state index in [2.05, 4.69) is 10.3 Å². The van der Waals surface area contributed by atoms with Crippen molar-refractivity contribution in [2.45, 2.75) is 6.92 Å². The summed E-state index contributed by atoms with van der Waals surface area (Å²) in [6.07, 6.45) is 1.43. The van der Waals surface area contributed by atoms with Crippen LogP contribution in [0.2, 0.25) is 0 Å². The van der Waals surface area contributed by atoms with E-state index in [1.165, 1.54) is 6.39 Å². The zero-order valence-electron chi connectivity index (χ0n) is 7.32. The number of aryl methyl sites for hydroxylation is 1. The Balaban J connectivity index is 2.20. The maximum Gasteiger partial charge on any atom is 0.183 e. The molecule has 1 aromatic heterocycles. The smallest absolute Gasteiger partial charge is 0.183 e. The maximum absolute atomic E-state index is 5.06. The van der Waals surface area contributed by atoms with Gasteiger partial charge in [-0.05, 0) is 19.1 Å². The van der Waals surface area contributed by atoms with Crippen LogP contribution in [0, 0.1) is 6.92 Å². The highest BCUT2D eigenvalue weighted by Crippen LogP contribution is 2.17. The van der Waals surface area contributed by atoms with Crippen LogP contribution >= 0.6 is 0 Å². The van der Waals surface area contributed by atoms with E-state index in [0.29, 0.717) is 0 Å². The van der Waals surface area contributed by atoms with Crippen LogP contribution in [0.1, 0.15) is 5.76 Å². The fourth-order valence-corrected chi connectivity index (χ4v) is 1.08. The molecular formula is C10H10N2O. The number of rotatable bonds is 2. The third-order valence-corrected chi connectivity index (χ3v) is 1.78. The molecule has 3 nitrogen and oxygen atoms in total. The summed E-state index contributed by atoms with van der Waals surface area (Å²) in [5, 5.41) is 3.15. The van der Waals surface area contributed by atoms with E-state index in [-0.39, 0.29) is 0 Å². The molecule has 0 saturated carbocycles. The van der Waals surface area contributed by atoms with Gasteiger partial charge in [0.05, 0.1) is 0 Å². The van der Waals surface area contributed by atoms with E-state index in [4.69, 9.17) is 4.42 Å². The number of benzene rings is 1. The number of nitrogens with zero attached hydrogens (tertiary/aromatic N) is 1. The average Bonchev–Trinajstić information content (AvgIpc) is 2.54. The highest BCUT2D eigenvalue weighted by Gasteiger charge is 2.01. The van der Waals surface area contributed by atoms with Crippen molar-refractivity contribution >= 4 is 11.5 Å². The summed E-state index contributed by atoms with van der Waals surface area (Å²) < 4.78 is 5.06. The maximum atomic E-state index is 5.06. The predicted octanol–water partition coefficient (Wildman–Crippen LogP) is 2.73. The molecule has 0 bridgehead atoms. The van der Waals surface area contributed by atoms with Crippen molar-refractivity contribution in [2.75, 3.05) is 5.32 Å². The van der Waals surface area contributed by atoms with Crippen molar-refractivity contribution in [3.05, 3.63) is 42.5 Å². The van der Waals surface area contributed by atoms with Crippen molar-refractivity contribution in [3.8, 4) is 0 Å². The van der Waals surface area contributed by atoms with E-state index in [9.17, 15) is 0 Å². The SMILES string of the molecule is Cc1ocnc1Nc1ccccc1. The molecule has 1 heterocycles. The summed E-state index contributed by atoms with van der Waals surface area (Å²) in [5.41, 5.74) is 1.01. The minimum absolute atomic E-state index is 0.770. The van der Waals surface area contributed by atoms with E-state index in [1.54, 1.807) is 0 Å². The summed E-state index contributed by atoms with van der Waals surface area (Å²) in [6.45, 7) is 1.87. The van der Waals surface area contributed by atoms with E-state index >= 15 is 0 Å². The first kappa shape index (κ1) is 7.86. The van der Waals surface area contributed by atoms with Gasteiger partial charge in [-0.1, -0.05) is 18.2 Å². The first-order valence-corrected chi connectivity index (χ1v) is 4.08. The molecule has 0 fully saturated rings. The average molecular weight is 174 g/mol. The van der Waals surface area contributed by atoms with Crippen LogP contribution in [0.25, 0.3) is 0 Å². The van der Waals surface area contributed by atoms with Gasteiger partial charge in [0, 0.05) is 5.69 Å². The topological polar surface area (TPSA) is 38.1 Å². The molecule has 0 radical (unpaired) electrons. The molecule has 0 unspecified atom stereocenters. The Morgan fingerprint density at radius 2 is 2.00 bits per heavy atom. The number of para-hydroxylation sites is 1. The third-order valence-electron chi connectivity index (χ3n) is 1.78. The van der Waals surface area contributed by atoms with Crippen LogP contribution < -0.4 is 5.32 Å². The molecule has 2 rings (SSSR count). The van der Waals surface area contributed by atoms with Gasteiger partial charge in [0.15, 0.2) is 12.2 Å². The highest BCUT2D eigenvalue weighted by atomic mass is 16.3. The number of nitrogens with one attached hydrogen (secondary N) is 1. The van der Waals surface area contributed by atoms with Gasteiger partial charge in [-0.2, -0.15) is 4.98 Å². The third kappa shape index (κ3) is 1.69. The Labute approximate surface area is 76.4 Å². The molecule has 0 saturated heterocycles. The van der Waals surface area contributed by atoms with Crippen LogP contribution in [0.15, 0.2) is 41.1 Å². The molecule has 66 valence electrons. The van der Waals surface area contributed by atoms with Gasteiger partial charge in [0.2, 0.25) is 0 Å². The Morgan fingerprint density at radius 1 is 1.23 bits per heavy atom. The Bertz CT molecular complexity index is 381. The lowest BCUT2D eigenvalue weighted by Crippen LogP contribution is -1.90. The molecule has 2 aromatic rings. The molecule has 0 spiro atoms. The molecule has 0 aliphatic carbocycles. The Kier molecular flexibility index (Phi) is 2.00. The molecule has 13 heavy (non-hydrogen) atoms. The molecule has 0 aliphatic rings. The van der Waals surface area contributed by atoms with Crippen LogP contribution in [0.3, 0.4) is 0 Å². The van der Waals surface area contributed by atoms with Gasteiger partial charge in [-0.15, -0.1) is 0 Å². The normalized spacial score (nSPS) is 9.92. The zero-order chi connectivity index (χ0) is 9.10. The minimum Gasteiger partial charge on any atom is -0.446 e. The highest BCUT2D eigenvalue weighted by molar-refractivity contribution is 5.56. The second-order valence-corrected chi connectivity index (χ2v) is 2.75. The fraction of sp³-hybridized carbons (Fsp3) is 0.100. The fourth-order valence-electron chi connectivity index (χ4n) is 1.08. The summed E-state index contributed by atoms with van der Waals surface area (Å²) in [4.78, 5) is 4.03. The minimum atomic E-state index is 0.770. The Hall–Kier alpha value is -1.77. The lowest BCUT2D eigenvalue weighted by Gasteiger charge is -2.01. The summed E-state index contributed by atoms with van der Waals surface area (Å²) >= 11 is 0. The van der Waals surface area contributed by atoms with E-state index in [0.717, 1.165) is 17.3 Å². The summed E-state index contributed by atoms with van der Waals surface area (Å²) in [5.74, 6) is 1.56. The van der Waals surface area contributed by atoms with Crippen molar-refractivity contribution in [1.29, 1.82) is 0 Å². The van der Waals surface area contributed by atoms with Gasteiger partial charge in [-0.3, -0.25) is 0 Å². The number of hydrogen-bond acceptors (Lipinski definition) is 3. The van der Waals surface area contributed by atoms with Crippen molar-refractivity contribution in [3.63, 3.8) is 0 Å². The molecule has 0 atom stereocenters. The van der Waals surface area contributed by atoms with Crippen LogP contribution in [-0.4, -0.2) is 4.98 Å². The van der Waals surface area contributed by atoms with Crippen molar-refractivity contribution < 1.29 is 4.42 Å².